The molecule has 1 aromatic carbocycles. The molecule has 3 heterocycles. The van der Waals surface area contributed by atoms with Gasteiger partial charge in [0.15, 0.2) is 0 Å². The molecule has 0 aliphatic carbocycles. The molecule has 0 radical (unpaired) electrons. The van der Waals surface area contributed by atoms with E-state index in [0.717, 1.165) is 6.54 Å². The highest BCUT2D eigenvalue weighted by Crippen LogP contribution is 2.44. The fourth-order valence-electron chi connectivity index (χ4n) is 4.91. The third-order valence-electron chi connectivity index (χ3n) is 6.13. The molecule has 3 nitrogen and oxygen atoms in total. The second-order valence-electron chi connectivity index (χ2n) is 8.15. The molecule has 1 unspecified atom stereocenters. The number of nitrogens with zero attached hydrogens (tertiary/aromatic N) is 3. The van der Waals surface area contributed by atoms with Gasteiger partial charge in [-0.3, -0.25) is 9.88 Å². The Hall–Kier alpha value is -1.71. The normalized spacial score (nSPS) is 24.4. The van der Waals surface area contributed by atoms with Crippen LogP contribution in [0.3, 0.4) is 0 Å². The Morgan fingerprint density at radius 3 is 2.60 bits per heavy atom. The van der Waals surface area contributed by atoms with E-state index in [4.69, 9.17) is 0 Å². The molecule has 1 spiro atoms. The first-order valence-corrected chi connectivity index (χ1v) is 9.57. The molecule has 0 bridgehead atoms. The van der Waals surface area contributed by atoms with Crippen LogP contribution in [0.4, 0.5) is 0 Å². The first kappa shape index (κ1) is 16.7. The molecule has 0 N–H and O–H groups in total. The summed E-state index contributed by atoms with van der Waals surface area (Å²) in [6, 6.07) is 15.4. The molecule has 4 rings (SSSR count). The molecule has 1 atom stereocenters. The van der Waals surface area contributed by atoms with Gasteiger partial charge in [-0.1, -0.05) is 36.4 Å². The Balaban J connectivity index is 1.41. The fraction of sp³-hybridized carbons (Fsp3) is 0.500. The maximum absolute atomic E-state index is 4.25. The van der Waals surface area contributed by atoms with E-state index < -0.39 is 0 Å². The van der Waals surface area contributed by atoms with E-state index in [1.807, 2.05) is 18.5 Å². The summed E-state index contributed by atoms with van der Waals surface area (Å²) in [6.45, 7) is 5.93. The topological polar surface area (TPSA) is 19.4 Å². The second kappa shape index (κ2) is 7.27. The average Bonchev–Trinajstić information content (AvgIpc) is 2.65. The third-order valence-corrected chi connectivity index (χ3v) is 6.13. The van der Waals surface area contributed by atoms with Crippen molar-refractivity contribution < 1.29 is 0 Å². The maximum atomic E-state index is 4.25. The number of likely N-dealkylation sites (N-methyl/N-ethyl adjacent to an activating group) is 1. The average molecular weight is 335 g/mol. The molecule has 2 saturated heterocycles. The summed E-state index contributed by atoms with van der Waals surface area (Å²) in [5.74, 6) is 0.685. The highest BCUT2D eigenvalue weighted by atomic mass is 15.2. The summed E-state index contributed by atoms with van der Waals surface area (Å²) in [5, 5.41) is 0. The number of benzene rings is 1. The van der Waals surface area contributed by atoms with Crippen molar-refractivity contribution in [3.63, 3.8) is 0 Å². The van der Waals surface area contributed by atoms with Crippen LogP contribution in [0.2, 0.25) is 0 Å². The highest BCUT2D eigenvalue weighted by Gasteiger charge is 2.41. The van der Waals surface area contributed by atoms with Gasteiger partial charge in [-0.2, -0.15) is 0 Å². The lowest BCUT2D eigenvalue weighted by molar-refractivity contribution is 0.0218. The van der Waals surface area contributed by atoms with Gasteiger partial charge in [0.05, 0.1) is 0 Å². The van der Waals surface area contributed by atoms with E-state index in [9.17, 15) is 0 Å². The van der Waals surface area contributed by atoms with Crippen LogP contribution in [0.15, 0.2) is 54.9 Å². The first-order chi connectivity index (χ1) is 12.2. The molecule has 2 aromatic rings. The predicted octanol–water partition coefficient (Wildman–Crippen LogP) is 3.78. The summed E-state index contributed by atoms with van der Waals surface area (Å²) in [5.41, 5.74) is 3.35. The smallest absolute Gasteiger partial charge is 0.0312 e. The van der Waals surface area contributed by atoms with Crippen molar-refractivity contribution in [2.75, 3.05) is 33.2 Å². The van der Waals surface area contributed by atoms with Crippen LogP contribution in [0, 0.1) is 5.41 Å². The Morgan fingerprint density at radius 2 is 1.88 bits per heavy atom. The lowest BCUT2D eigenvalue weighted by atomic mass is 9.68. The molecule has 25 heavy (non-hydrogen) atoms. The van der Waals surface area contributed by atoms with Crippen molar-refractivity contribution in [1.29, 1.82) is 0 Å². The Kier molecular flexibility index (Phi) is 4.87. The molecule has 2 aliphatic heterocycles. The van der Waals surface area contributed by atoms with Gasteiger partial charge in [0.1, 0.15) is 0 Å². The van der Waals surface area contributed by atoms with Crippen LogP contribution < -0.4 is 0 Å². The predicted molar refractivity (Wildman–Crippen MR) is 102 cm³/mol. The van der Waals surface area contributed by atoms with E-state index in [2.05, 4.69) is 58.2 Å². The standard InChI is InChI=1S/C22H29N3/c1-24-17-21(20-7-3-2-4-8-20)14-22(18-24)9-12-25(13-10-22)16-19-6-5-11-23-15-19/h2-8,11,15,21H,9-10,12-14,16-18H2,1H3. The zero-order valence-electron chi connectivity index (χ0n) is 15.3. The van der Waals surface area contributed by atoms with Gasteiger partial charge in [0, 0.05) is 32.0 Å². The molecule has 1 aromatic heterocycles. The van der Waals surface area contributed by atoms with Crippen molar-refractivity contribution in [3.8, 4) is 0 Å². The maximum Gasteiger partial charge on any atom is 0.0312 e. The first-order valence-electron chi connectivity index (χ1n) is 9.57. The lowest BCUT2D eigenvalue weighted by Gasteiger charge is -2.49. The number of pyridine rings is 1. The summed E-state index contributed by atoms with van der Waals surface area (Å²) >= 11 is 0. The van der Waals surface area contributed by atoms with E-state index in [1.54, 1.807) is 0 Å². The minimum atomic E-state index is 0.499. The number of hydrogen-bond donors (Lipinski definition) is 0. The van der Waals surface area contributed by atoms with Crippen LogP contribution >= 0.6 is 0 Å². The van der Waals surface area contributed by atoms with Crippen LogP contribution in [-0.4, -0.2) is 48.0 Å². The Labute approximate surface area is 151 Å². The Morgan fingerprint density at radius 1 is 1.08 bits per heavy atom. The van der Waals surface area contributed by atoms with Crippen molar-refractivity contribution in [2.24, 2.45) is 5.41 Å². The molecular weight excluding hydrogens is 306 g/mol. The quantitative estimate of drug-likeness (QED) is 0.851. The van der Waals surface area contributed by atoms with E-state index in [-0.39, 0.29) is 0 Å². The van der Waals surface area contributed by atoms with E-state index >= 15 is 0 Å². The summed E-state index contributed by atoms with van der Waals surface area (Å²) in [7, 11) is 2.30. The van der Waals surface area contributed by atoms with Crippen LogP contribution in [0.25, 0.3) is 0 Å². The number of piperidine rings is 2. The van der Waals surface area contributed by atoms with Crippen LogP contribution in [-0.2, 0) is 6.54 Å². The van der Waals surface area contributed by atoms with Gasteiger partial charge >= 0.3 is 0 Å². The number of aromatic nitrogens is 1. The number of hydrogen-bond acceptors (Lipinski definition) is 3. The zero-order valence-corrected chi connectivity index (χ0v) is 15.3. The van der Waals surface area contributed by atoms with E-state index in [1.165, 1.54) is 56.6 Å². The van der Waals surface area contributed by atoms with Crippen molar-refractivity contribution >= 4 is 0 Å². The molecule has 0 amide bonds. The highest BCUT2D eigenvalue weighted by molar-refractivity contribution is 5.21. The molecule has 2 aliphatic rings. The third kappa shape index (κ3) is 3.94. The molecule has 2 fully saturated rings. The van der Waals surface area contributed by atoms with Gasteiger partial charge in [-0.05, 0) is 67.9 Å². The fourth-order valence-corrected chi connectivity index (χ4v) is 4.91. The molecule has 0 saturated carbocycles. The molecule has 132 valence electrons. The van der Waals surface area contributed by atoms with Gasteiger partial charge in [0.25, 0.3) is 0 Å². The summed E-state index contributed by atoms with van der Waals surface area (Å²) in [4.78, 5) is 9.43. The van der Waals surface area contributed by atoms with Gasteiger partial charge in [-0.15, -0.1) is 0 Å². The lowest BCUT2D eigenvalue weighted by Crippen LogP contribution is -2.50. The summed E-state index contributed by atoms with van der Waals surface area (Å²) in [6.07, 6.45) is 7.85. The minimum absolute atomic E-state index is 0.499. The van der Waals surface area contributed by atoms with Crippen LogP contribution in [0.5, 0.6) is 0 Å². The molecule has 3 heteroatoms. The number of likely N-dealkylation sites (tertiary alicyclic amines) is 2. The Bertz CT molecular complexity index is 662. The minimum Gasteiger partial charge on any atom is -0.305 e. The second-order valence-corrected chi connectivity index (χ2v) is 8.15. The largest absolute Gasteiger partial charge is 0.305 e. The van der Waals surface area contributed by atoms with Crippen LogP contribution in [0.1, 0.15) is 36.3 Å². The van der Waals surface area contributed by atoms with Gasteiger partial charge in [-0.25, -0.2) is 0 Å². The van der Waals surface area contributed by atoms with Gasteiger partial charge in [0.2, 0.25) is 0 Å². The van der Waals surface area contributed by atoms with Crippen molar-refractivity contribution in [3.05, 3.63) is 66.0 Å². The zero-order chi connectivity index (χ0) is 17.1. The van der Waals surface area contributed by atoms with Crippen molar-refractivity contribution in [2.45, 2.75) is 31.7 Å². The monoisotopic (exact) mass is 335 g/mol. The van der Waals surface area contributed by atoms with Gasteiger partial charge < -0.3 is 4.90 Å². The SMILES string of the molecule is CN1CC(c2ccccc2)CC2(CCN(Cc3cccnc3)CC2)C1. The van der Waals surface area contributed by atoms with E-state index in [0.29, 0.717) is 11.3 Å². The summed E-state index contributed by atoms with van der Waals surface area (Å²) < 4.78 is 0. The van der Waals surface area contributed by atoms with Crippen molar-refractivity contribution in [1.82, 2.24) is 14.8 Å². The number of rotatable bonds is 3. The molecular formula is C22H29N3.